The zero-order valence-corrected chi connectivity index (χ0v) is 11.1. The summed E-state index contributed by atoms with van der Waals surface area (Å²) in [6.45, 7) is 12.2. The van der Waals surface area contributed by atoms with Crippen molar-refractivity contribution in [3.63, 3.8) is 0 Å². The van der Waals surface area contributed by atoms with Gasteiger partial charge in [0.1, 0.15) is 0 Å². The van der Waals surface area contributed by atoms with Crippen molar-refractivity contribution < 1.29 is 0 Å². The molecular formula is C16H24. The molecule has 1 aromatic carbocycles. The second kappa shape index (κ2) is 8.96. The maximum Gasteiger partial charge on any atom is -0.0256 e. The Kier molecular flexibility index (Phi) is 8.24. The van der Waals surface area contributed by atoms with Crippen LogP contribution in [0.4, 0.5) is 0 Å². The van der Waals surface area contributed by atoms with E-state index >= 15 is 0 Å². The second-order valence-electron chi connectivity index (χ2n) is 4.09. The second-order valence-corrected chi connectivity index (χ2v) is 4.09. The number of benzene rings is 1. The van der Waals surface area contributed by atoms with E-state index in [9.17, 15) is 0 Å². The molecule has 0 aliphatic rings. The summed E-state index contributed by atoms with van der Waals surface area (Å²) >= 11 is 0. The molecule has 0 N–H and O–H groups in total. The van der Waals surface area contributed by atoms with Crippen molar-refractivity contribution in [2.45, 2.75) is 40.5 Å². The van der Waals surface area contributed by atoms with Crippen LogP contribution in [-0.4, -0.2) is 0 Å². The summed E-state index contributed by atoms with van der Waals surface area (Å²) in [4.78, 5) is 0. The van der Waals surface area contributed by atoms with Crippen LogP contribution in [0.5, 0.6) is 0 Å². The van der Waals surface area contributed by atoms with E-state index in [1.54, 1.807) is 0 Å². The Balaban J connectivity index is 0.000000487. The third-order valence-corrected chi connectivity index (χ3v) is 2.14. The Morgan fingerprint density at radius 3 is 2.00 bits per heavy atom. The molecule has 88 valence electrons. The average Bonchev–Trinajstić information content (AvgIpc) is 2.28. The number of hydrogen-bond donors (Lipinski definition) is 0. The topological polar surface area (TPSA) is 0 Å². The van der Waals surface area contributed by atoms with Crippen LogP contribution in [0.25, 0.3) is 6.08 Å². The highest BCUT2D eigenvalue weighted by Gasteiger charge is 1.85. The van der Waals surface area contributed by atoms with E-state index < -0.39 is 0 Å². The maximum atomic E-state index is 3.80. The molecule has 0 heteroatoms. The van der Waals surface area contributed by atoms with E-state index in [-0.39, 0.29) is 0 Å². The highest BCUT2D eigenvalue weighted by molar-refractivity contribution is 5.52. The van der Waals surface area contributed by atoms with Crippen molar-refractivity contribution in [1.82, 2.24) is 0 Å². The largest absolute Gasteiger partial charge is 0.0961 e. The summed E-state index contributed by atoms with van der Waals surface area (Å²) in [7, 11) is 0. The zero-order valence-electron chi connectivity index (χ0n) is 11.1. The van der Waals surface area contributed by atoms with Crippen LogP contribution in [0.1, 0.15) is 44.7 Å². The van der Waals surface area contributed by atoms with Crippen LogP contribution in [0.2, 0.25) is 0 Å². The molecule has 0 fully saturated rings. The predicted octanol–water partition coefficient (Wildman–Crippen LogP) is 5.39. The van der Waals surface area contributed by atoms with Gasteiger partial charge in [-0.3, -0.25) is 0 Å². The van der Waals surface area contributed by atoms with Crippen LogP contribution in [0, 0.1) is 6.92 Å². The molecule has 0 aliphatic carbocycles. The third kappa shape index (κ3) is 8.05. The Labute approximate surface area is 101 Å². The zero-order chi connectivity index (χ0) is 12.4. The SMILES string of the molecule is C=C(C)/C=C/c1ccc(C)cc1.CCCC. The molecule has 0 atom stereocenters. The molecule has 0 spiro atoms. The van der Waals surface area contributed by atoms with Gasteiger partial charge in [-0.2, -0.15) is 0 Å². The number of rotatable bonds is 3. The molecule has 0 bridgehead atoms. The number of hydrogen-bond acceptors (Lipinski definition) is 0. The van der Waals surface area contributed by atoms with Gasteiger partial charge in [-0.1, -0.05) is 80.8 Å². The first-order valence-corrected chi connectivity index (χ1v) is 6.00. The molecule has 0 saturated carbocycles. The Morgan fingerprint density at radius 1 is 1.12 bits per heavy atom. The molecule has 0 radical (unpaired) electrons. The molecule has 0 heterocycles. The predicted molar refractivity (Wildman–Crippen MR) is 75.6 cm³/mol. The highest BCUT2D eigenvalue weighted by atomic mass is 13.9. The minimum Gasteiger partial charge on any atom is -0.0961 e. The molecule has 0 amide bonds. The molecule has 0 nitrogen and oxygen atoms in total. The number of aryl methyl sites for hydroxylation is 1. The fourth-order valence-electron chi connectivity index (χ4n) is 0.916. The summed E-state index contributed by atoms with van der Waals surface area (Å²) in [5.41, 5.74) is 3.60. The average molecular weight is 216 g/mol. The van der Waals surface area contributed by atoms with Gasteiger partial charge in [-0.05, 0) is 19.4 Å². The Morgan fingerprint density at radius 2 is 1.62 bits per heavy atom. The first-order valence-electron chi connectivity index (χ1n) is 6.00. The van der Waals surface area contributed by atoms with Gasteiger partial charge in [0, 0.05) is 0 Å². The van der Waals surface area contributed by atoms with Gasteiger partial charge in [0.05, 0.1) is 0 Å². The fraction of sp³-hybridized carbons (Fsp3) is 0.375. The van der Waals surface area contributed by atoms with Crippen molar-refractivity contribution in [3.8, 4) is 0 Å². The van der Waals surface area contributed by atoms with Crippen molar-refractivity contribution in [2.24, 2.45) is 0 Å². The molecule has 0 unspecified atom stereocenters. The Bertz CT molecular complexity index is 312. The highest BCUT2D eigenvalue weighted by Crippen LogP contribution is 2.06. The molecule has 16 heavy (non-hydrogen) atoms. The molecule has 0 saturated heterocycles. The smallest absolute Gasteiger partial charge is 0.0256 e. The summed E-state index contributed by atoms with van der Waals surface area (Å²) < 4.78 is 0. The van der Waals surface area contributed by atoms with Gasteiger partial charge in [0.2, 0.25) is 0 Å². The van der Waals surface area contributed by atoms with E-state index in [2.05, 4.69) is 57.7 Å². The molecule has 0 aromatic heterocycles. The monoisotopic (exact) mass is 216 g/mol. The normalized spacial score (nSPS) is 9.75. The van der Waals surface area contributed by atoms with Gasteiger partial charge in [0.15, 0.2) is 0 Å². The summed E-state index contributed by atoms with van der Waals surface area (Å²) in [6, 6.07) is 8.43. The van der Waals surface area contributed by atoms with Gasteiger partial charge in [-0.15, -0.1) is 0 Å². The molecule has 1 aromatic rings. The van der Waals surface area contributed by atoms with Crippen molar-refractivity contribution in [1.29, 1.82) is 0 Å². The van der Waals surface area contributed by atoms with Crippen molar-refractivity contribution in [3.05, 3.63) is 53.6 Å². The maximum absolute atomic E-state index is 3.80. The number of allylic oxidation sites excluding steroid dienone is 2. The van der Waals surface area contributed by atoms with Crippen LogP contribution in [-0.2, 0) is 0 Å². The van der Waals surface area contributed by atoms with E-state index in [4.69, 9.17) is 0 Å². The lowest BCUT2D eigenvalue weighted by Gasteiger charge is -1.94. The third-order valence-electron chi connectivity index (χ3n) is 2.14. The molecular weight excluding hydrogens is 192 g/mol. The van der Waals surface area contributed by atoms with Crippen molar-refractivity contribution in [2.75, 3.05) is 0 Å². The minimum absolute atomic E-state index is 1.08. The van der Waals surface area contributed by atoms with Gasteiger partial charge >= 0.3 is 0 Å². The van der Waals surface area contributed by atoms with Crippen LogP contribution in [0.15, 0.2) is 42.5 Å². The first kappa shape index (κ1) is 14.7. The lowest BCUT2D eigenvalue weighted by Crippen LogP contribution is -1.73. The quantitative estimate of drug-likeness (QED) is 0.594. The minimum atomic E-state index is 1.08. The summed E-state index contributed by atoms with van der Waals surface area (Å²) in [5.74, 6) is 0. The lowest BCUT2D eigenvalue weighted by atomic mass is 10.1. The number of unbranched alkanes of at least 4 members (excludes halogenated alkanes) is 1. The summed E-state index contributed by atoms with van der Waals surface area (Å²) in [6.07, 6.45) is 6.73. The van der Waals surface area contributed by atoms with Gasteiger partial charge in [-0.25, -0.2) is 0 Å². The van der Waals surface area contributed by atoms with Gasteiger partial charge < -0.3 is 0 Å². The van der Waals surface area contributed by atoms with Crippen LogP contribution in [0.3, 0.4) is 0 Å². The lowest BCUT2D eigenvalue weighted by molar-refractivity contribution is 0.886. The van der Waals surface area contributed by atoms with E-state index in [1.807, 2.05) is 13.0 Å². The first-order chi connectivity index (χ1) is 7.60. The van der Waals surface area contributed by atoms with E-state index in [1.165, 1.54) is 24.0 Å². The van der Waals surface area contributed by atoms with Gasteiger partial charge in [0.25, 0.3) is 0 Å². The Hall–Kier alpha value is -1.30. The molecule has 0 aliphatic heterocycles. The van der Waals surface area contributed by atoms with Crippen LogP contribution >= 0.6 is 0 Å². The van der Waals surface area contributed by atoms with Crippen LogP contribution < -0.4 is 0 Å². The summed E-state index contributed by atoms with van der Waals surface area (Å²) in [5, 5.41) is 0. The van der Waals surface area contributed by atoms with Crippen molar-refractivity contribution >= 4 is 6.08 Å². The molecule has 1 rings (SSSR count). The van der Waals surface area contributed by atoms with E-state index in [0.717, 1.165) is 5.57 Å². The van der Waals surface area contributed by atoms with E-state index in [0.29, 0.717) is 0 Å². The fourth-order valence-corrected chi connectivity index (χ4v) is 0.916. The standard InChI is InChI=1S/C12H14.C4H10/c1-10(2)4-7-12-8-5-11(3)6-9-12;1-3-4-2/h4-9H,1H2,2-3H3;3-4H2,1-2H3/b7-4+;.